The zero-order chi connectivity index (χ0) is 22.1. The van der Waals surface area contributed by atoms with Crippen LogP contribution in [0.15, 0.2) is 84.9 Å². The minimum atomic E-state index is -0.908. The van der Waals surface area contributed by atoms with Crippen LogP contribution in [0.3, 0.4) is 0 Å². The van der Waals surface area contributed by atoms with E-state index < -0.39 is 30.4 Å². The maximum absolute atomic E-state index is 12.3. The summed E-state index contributed by atoms with van der Waals surface area (Å²) >= 11 is 0. The van der Waals surface area contributed by atoms with Gasteiger partial charge in [0.1, 0.15) is 11.8 Å². The molecule has 7 nitrogen and oxygen atoms in total. The fourth-order valence-corrected chi connectivity index (χ4v) is 2.65. The van der Waals surface area contributed by atoms with Gasteiger partial charge < -0.3 is 20.1 Å². The van der Waals surface area contributed by atoms with Crippen LogP contribution < -0.4 is 15.4 Å². The topological polar surface area (TPSA) is 93.7 Å². The Kier molecular flexibility index (Phi) is 7.37. The number of benzene rings is 3. The molecule has 3 rings (SSSR count). The number of amides is 2. The van der Waals surface area contributed by atoms with Gasteiger partial charge in [0.05, 0.1) is 5.69 Å². The quantitative estimate of drug-likeness (QED) is 0.543. The standard InChI is InChI=1S/C24H22N2O5/c1-17(25-23(28)18-10-4-2-5-11-18)24(29)30-16-22(27)26-20-14-8-9-15-21(20)31-19-12-6-3-7-13-19/h2-15,17H,16H2,1H3,(H,25,28)(H,26,27)/t17-/m0/s1. The number of carbonyl (C=O) groups is 3. The number of hydrogen-bond acceptors (Lipinski definition) is 5. The summed E-state index contributed by atoms with van der Waals surface area (Å²) in [6.45, 7) is 0.994. The minimum Gasteiger partial charge on any atom is -0.455 e. The highest BCUT2D eigenvalue weighted by atomic mass is 16.5. The van der Waals surface area contributed by atoms with Gasteiger partial charge in [0.15, 0.2) is 12.4 Å². The Labute approximate surface area is 180 Å². The molecule has 3 aromatic rings. The lowest BCUT2D eigenvalue weighted by Crippen LogP contribution is -2.40. The van der Waals surface area contributed by atoms with Crippen LogP contribution in [0.2, 0.25) is 0 Å². The second-order valence-electron chi connectivity index (χ2n) is 6.63. The van der Waals surface area contributed by atoms with Gasteiger partial charge in [-0.2, -0.15) is 0 Å². The van der Waals surface area contributed by atoms with Crippen molar-refractivity contribution in [2.75, 3.05) is 11.9 Å². The van der Waals surface area contributed by atoms with Crippen molar-refractivity contribution in [2.45, 2.75) is 13.0 Å². The van der Waals surface area contributed by atoms with Crippen LogP contribution in [0.1, 0.15) is 17.3 Å². The molecule has 2 amide bonds. The number of para-hydroxylation sites is 3. The zero-order valence-corrected chi connectivity index (χ0v) is 16.9. The van der Waals surface area contributed by atoms with E-state index in [1.54, 1.807) is 66.7 Å². The second-order valence-corrected chi connectivity index (χ2v) is 6.63. The fraction of sp³-hybridized carbons (Fsp3) is 0.125. The van der Waals surface area contributed by atoms with E-state index in [-0.39, 0.29) is 0 Å². The Morgan fingerprint density at radius 2 is 1.45 bits per heavy atom. The molecule has 0 unspecified atom stereocenters. The Bertz CT molecular complexity index is 1040. The van der Waals surface area contributed by atoms with Crippen LogP contribution in [0, 0.1) is 0 Å². The highest BCUT2D eigenvalue weighted by Crippen LogP contribution is 2.28. The first-order valence-corrected chi connectivity index (χ1v) is 9.67. The molecular formula is C24H22N2O5. The molecule has 0 spiro atoms. The molecule has 0 aliphatic heterocycles. The van der Waals surface area contributed by atoms with Crippen LogP contribution >= 0.6 is 0 Å². The van der Waals surface area contributed by atoms with E-state index in [1.807, 2.05) is 18.2 Å². The molecule has 0 fully saturated rings. The molecule has 0 saturated heterocycles. The molecule has 0 bridgehead atoms. The molecule has 1 atom stereocenters. The average molecular weight is 418 g/mol. The predicted octanol–water partition coefficient (Wildman–Crippen LogP) is 3.78. The summed E-state index contributed by atoms with van der Waals surface area (Å²) in [6.07, 6.45) is 0. The number of anilines is 1. The van der Waals surface area contributed by atoms with E-state index in [2.05, 4.69) is 10.6 Å². The third kappa shape index (κ3) is 6.43. The number of nitrogens with one attached hydrogen (secondary N) is 2. The average Bonchev–Trinajstić information content (AvgIpc) is 2.80. The number of hydrogen-bond donors (Lipinski definition) is 2. The van der Waals surface area contributed by atoms with Crippen LogP contribution in [0.25, 0.3) is 0 Å². The summed E-state index contributed by atoms with van der Waals surface area (Å²) in [5.41, 5.74) is 0.868. The number of esters is 1. The Balaban J connectivity index is 1.51. The normalized spacial score (nSPS) is 11.1. The van der Waals surface area contributed by atoms with Crippen LogP contribution in [-0.4, -0.2) is 30.4 Å². The first kappa shape index (κ1) is 21.6. The molecule has 0 heterocycles. The van der Waals surface area contributed by atoms with E-state index in [1.165, 1.54) is 6.92 Å². The third-order valence-electron chi connectivity index (χ3n) is 4.21. The Hall–Kier alpha value is -4.13. The molecule has 0 aliphatic rings. The first-order valence-electron chi connectivity index (χ1n) is 9.67. The van der Waals surface area contributed by atoms with Gasteiger partial charge in [0, 0.05) is 5.56 Å². The van der Waals surface area contributed by atoms with Crippen molar-refractivity contribution in [1.29, 1.82) is 0 Å². The van der Waals surface area contributed by atoms with Crippen molar-refractivity contribution in [2.24, 2.45) is 0 Å². The minimum absolute atomic E-state index is 0.401. The van der Waals surface area contributed by atoms with E-state index in [0.717, 1.165) is 0 Å². The van der Waals surface area contributed by atoms with Gasteiger partial charge in [-0.05, 0) is 43.3 Å². The lowest BCUT2D eigenvalue weighted by atomic mass is 10.2. The molecule has 3 aromatic carbocycles. The van der Waals surface area contributed by atoms with Gasteiger partial charge in [-0.3, -0.25) is 9.59 Å². The van der Waals surface area contributed by atoms with Gasteiger partial charge in [-0.1, -0.05) is 48.5 Å². The maximum atomic E-state index is 12.3. The molecule has 31 heavy (non-hydrogen) atoms. The fourth-order valence-electron chi connectivity index (χ4n) is 2.65. The van der Waals surface area contributed by atoms with Crippen molar-refractivity contribution in [3.63, 3.8) is 0 Å². The van der Waals surface area contributed by atoms with Gasteiger partial charge >= 0.3 is 5.97 Å². The Morgan fingerprint density at radius 3 is 2.16 bits per heavy atom. The second kappa shape index (κ2) is 10.6. The van der Waals surface area contributed by atoms with Crippen molar-refractivity contribution in [3.05, 3.63) is 90.5 Å². The highest BCUT2D eigenvalue weighted by molar-refractivity contribution is 5.97. The third-order valence-corrected chi connectivity index (χ3v) is 4.21. The Morgan fingerprint density at radius 1 is 0.839 bits per heavy atom. The van der Waals surface area contributed by atoms with Crippen molar-refractivity contribution >= 4 is 23.5 Å². The van der Waals surface area contributed by atoms with E-state index >= 15 is 0 Å². The molecule has 0 saturated carbocycles. The van der Waals surface area contributed by atoms with Crippen LogP contribution in [0.5, 0.6) is 11.5 Å². The van der Waals surface area contributed by atoms with E-state index in [9.17, 15) is 14.4 Å². The molecule has 0 aromatic heterocycles. The summed E-state index contributed by atoms with van der Waals surface area (Å²) in [5.74, 6) is -0.565. The number of rotatable bonds is 8. The van der Waals surface area contributed by atoms with E-state index in [4.69, 9.17) is 9.47 Å². The molecule has 7 heteroatoms. The first-order chi connectivity index (χ1) is 15.0. The lowest BCUT2D eigenvalue weighted by Gasteiger charge is -2.14. The van der Waals surface area contributed by atoms with Gasteiger partial charge in [-0.15, -0.1) is 0 Å². The van der Waals surface area contributed by atoms with Gasteiger partial charge in [-0.25, -0.2) is 4.79 Å². The number of carbonyl (C=O) groups excluding carboxylic acids is 3. The number of ether oxygens (including phenoxy) is 2. The molecule has 0 aliphatic carbocycles. The van der Waals surface area contributed by atoms with Crippen LogP contribution in [-0.2, 0) is 14.3 Å². The lowest BCUT2D eigenvalue weighted by molar-refractivity contribution is -0.148. The molecule has 2 N–H and O–H groups in total. The van der Waals surface area contributed by atoms with Crippen LogP contribution in [0.4, 0.5) is 5.69 Å². The van der Waals surface area contributed by atoms with E-state index in [0.29, 0.717) is 22.7 Å². The summed E-state index contributed by atoms with van der Waals surface area (Å²) in [7, 11) is 0. The largest absolute Gasteiger partial charge is 0.455 e. The van der Waals surface area contributed by atoms with Crippen molar-refractivity contribution < 1.29 is 23.9 Å². The SMILES string of the molecule is C[C@H](NC(=O)c1ccccc1)C(=O)OCC(=O)Nc1ccccc1Oc1ccccc1. The van der Waals surface area contributed by atoms with Gasteiger partial charge in [0.25, 0.3) is 11.8 Å². The molecule has 158 valence electrons. The zero-order valence-electron chi connectivity index (χ0n) is 16.9. The predicted molar refractivity (Wildman–Crippen MR) is 116 cm³/mol. The smallest absolute Gasteiger partial charge is 0.328 e. The summed E-state index contributed by atoms with van der Waals surface area (Å²) < 4.78 is 10.8. The monoisotopic (exact) mass is 418 g/mol. The molecule has 0 radical (unpaired) electrons. The summed E-state index contributed by atoms with van der Waals surface area (Å²) in [5, 5.41) is 5.20. The molecular weight excluding hydrogens is 396 g/mol. The van der Waals surface area contributed by atoms with Crippen molar-refractivity contribution in [1.82, 2.24) is 5.32 Å². The van der Waals surface area contributed by atoms with Gasteiger partial charge in [0.2, 0.25) is 0 Å². The maximum Gasteiger partial charge on any atom is 0.328 e. The summed E-state index contributed by atoms with van der Waals surface area (Å²) in [4.78, 5) is 36.5. The summed E-state index contributed by atoms with van der Waals surface area (Å²) in [6, 6.07) is 23.7. The highest BCUT2D eigenvalue weighted by Gasteiger charge is 2.19. The van der Waals surface area contributed by atoms with Crippen molar-refractivity contribution in [3.8, 4) is 11.5 Å².